The zero-order chi connectivity index (χ0) is 17.0. The molecule has 0 amide bonds. The molecule has 1 aromatic carbocycles. The smallest absolute Gasteiger partial charge is 0.244 e. The van der Waals surface area contributed by atoms with Crippen LogP contribution in [0.5, 0.6) is 5.75 Å². The number of rotatable bonds is 7. The fourth-order valence-corrected chi connectivity index (χ4v) is 3.80. The Bertz CT molecular complexity index is 751. The summed E-state index contributed by atoms with van der Waals surface area (Å²) in [4.78, 5) is 0.220. The van der Waals surface area contributed by atoms with E-state index in [4.69, 9.17) is 4.74 Å². The molecular weight excluding hydrogens is 314 g/mol. The highest BCUT2D eigenvalue weighted by Crippen LogP contribution is 2.21. The number of hydrogen-bond acceptors (Lipinski definition) is 4. The van der Waals surface area contributed by atoms with Gasteiger partial charge in [0, 0.05) is 12.6 Å². The minimum Gasteiger partial charge on any atom is -0.494 e. The number of nitrogens with zero attached hydrogens (tertiary/aromatic N) is 2. The summed E-state index contributed by atoms with van der Waals surface area (Å²) in [7, 11) is -3.61. The first-order chi connectivity index (χ1) is 10.9. The number of nitrogens with one attached hydrogen (secondary N) is 1. The van der Waals surface area contributed by atoms with E-state index in [0.29, 0.717) is 18.8 Å². The monoisotopic (exact) mass is 337 g/mol. The minimum absolute atomic E-state index is 0.220. The predicted molar refractivity (Wildman–Crippen MR) is 89.0 cm³/mol. The maximum Gasteiger partial charge on any atom is 0.244 e. The van der Waals surface area contributed by atoms with Gasteiger partial charge in [-0.05, 0) is 45.4 Å². The van der Waals surface area contributed by atoms with Gasteiger partial charge in [-0.15, -0.1) is 0 Å². The van der Waals surface area contributed by atoms with Crippen LogP contribution >= 0.6 is 0 Å². The zero-order valence-corrected chi connectivity index (χ0v) is 14.7. The Morgan fingerprint density at radius 1 is 1.26 bits per heavy atom. The van der Waals surface area contributed by atoms with Crippen molar-refractivity contribution >= 4 is 10.0 Å². The van der Waals surface area contributed by atoms with Gasteiger partial charge in [0.1, 0.15) is 10.6 Å². The quantitative estimate of drug-likeness (QED) is 0.843. The largest absolute Gasteiger partial charge is 0.494 e. The summed E-state index contributed by atoms with van der Waals surface area (Å²) in [6.45, 7) is 8.65. The van der Waals surface area contributed by atoms with Crippen LogP contribution in [0.2, 0.25) is 0 Å². The molecule has 0 aliphatic carbocycles. The summed E-state index contributed by atoms with van der Waals surface area (Å²) in [5.41, 5.74) is 1.51. The molecule has 0 radical (unpaired) electrons. The molecule has 0 bridgehead atoms. The fourth-order valence-electron chi connectivity index (χ4n) is 2.40. The van der Waals surface area contributed by atoms with E-state index >= 15 is 0 Å². The van der Waals surface area contributed by atoms with E-state index in [1.807, 2.05) is 45.0 Å². The summed E-state index contributed by atoms with van der Waals surface area (Å²) < 4.78 is 34.8. The lowest BCUT2D eigenvalue weighted by atomic mass is 10.1. The molecule has 2 aromatic rings. The van der Waals surface area contributed by atoms with Crippen LogP contribution in [-0.4, -0.2) is 24.8 Å². The van der Waals surface area contributed by atoms with Crippen LogP contribution in [0.4, 0.5) is 0 Å². The molecule has 7 heteroatoms. The van der Waals surface area contributed by atoms with Crippen LogP contribution in [0, 0.1) is 6.92 Å². The third kappa shape index (κ3) is 3.92. The summed E-state index contributed by atoms with van der Waals surface area (Å²) in [6.07, 6.45) is 1.39. The second-order valence-electron chi connectivity index (χ2n) is 5.26. The second-order valence-corrected chi connectivity index (χ2v) is 6.94. The van der Waals surface area contributed by atoms with E-state index in [-0.39, 0.29) is 10.9 Å². The lowest BCUT2D eigenvalue weighted by molar-refractivity contribution is 0.340. The molecule has 126 valence electrons. The van der Waals surface area contributed by atoms with Gasteiger partial charge in [-0.2, -0.15) is 5.10 Å². The molecule has 2 rings (SSSR count). The molecular formula is C16H23N3O3S. The lowest BCUT2D eigenvalue weighted by Crippen LogP contribution is -2.27. The topological polar surface area (TPSA) is 73.2 Å². The fraction of sp³-hybridized carbons (Fsp3) is 0.438. The molecule has 0 saturated carbocycles. The molecule has 0 unspecified atom stereocenters. The van der Waals surface area contributed by atoms with Crippen molar-refractivity contribution in [2.24, 2.45) is 0 Å². The lowest BCUT2D eigenvalue weighted by Gasteiger charge is -2.15. The van der Waals surface area contributed by atoms with Crippen LogP contribution in [0.1, 0.15) is 38.1 Å². The molecule has 0 aliphatic heterocycles. The maximum atomic E-state index is 12.5. The molecule has 1 N–H and O–H groups in total. The first kappa shape index (κ1) is 17.5. The molecule has 0 aliphatic rings. The second kappa shape index (κ2) is 7.14. The molecule has 0 saturated heterocycles. The van der Waals surface area contributed by atoms with Gasteiger partial charge in [-0.3, -0.25) is 4.68 Å². The van der Waals surface area contributed by atoms with Crippen LogP contribution in [0.15, 0.2) is 35.4 Å². The number of sulfonamides is 1. The highest BCUT2D eigenvalue weighted by atomic mass is 32.2. The van der Waals surface area contributed by atoms with Crippen LogP contribution in [0.25, 0.3) is 0 Å². The van der Waals surface area contributed by atoms with Crippen molar-refractivity contribution < 1.29 is 13.2 Å². The average molecular weight is 337 g/mol. The molecule has 1 atom stereocenters. The Morgan fingerprint density at radius 2 is 1.91 bits per heavy atom. The first-order valence-electron chi connectivity index (χ1n) is 7.66. The Balaban J connectivity index is 2.17. The number of aryl methyl sites for hydroxylation is 1. The molecule has 1 aromatic heterocycles. The summed E-state index contributed by atoms with van der Waals surface area (Å²) >= 11 is 0. The Morgan fingerprint density at radius 3 is 2.43 bits per heavy atom. The van der Waals surface area contributed by atoms with E-state index in [1.54, 1.807) is 11.6 Å². The molecule has 23 heavy (non-hydrogen) atoms. The Kier molecular flexibility index (Phi) is 5.43. The van der Waals surface area contributed by atoms with Gasteiger partial charge in [0.15, 0.2) is 0 Å². The first-order valence-corrected chi connectivity index (χ1v) is 9.14. The predicted octanol–water partition coefficient (Wildman–Crippen LogP) is 2.65. The number of benzene rings is 1. The SMILES string of the molecule is CCOc1ccc([C@@H](C)NS(=O)(=O)c2cnn(CC)c2C)cc1. The van der Waals surface area contributed by atoms with Crippen LogP contribution < -0.4 is 9.46 Å². The minimum atomic E-state index is -3.61. The maximum absolute atomic E-state index is 12.5. The van der Waals surface area contributed by atoms with E-state index in [0.717, 1.165) is 11.3 Å². The molecule has 6 nitrogen and oxygen atoms in total. The van der Waals surface area contributed by atoms with E-state index in [1.165, 1.54) is 6.20 Å². The van der Waals surface area contributed by atoms with Gasteiger partial charge in [-0.1, -0.05) is 12.1 Å². The zero-order valence-electron chi connectivity index (χ0n) is 13.9. The van der Waals surface area contributed by atoms with E-state index < -0.39 is 10.0 Å². The standard InChI is InChI=1S/C16H23N3O3S/c1-5-19-13(4)16(11-17-19)23(20,21)18-12(3)14-7-9-15(10-8-14)22-6-2/h7-12,18H,5-6H2,1-4H3/t12-/m1/s1. The van der Waals surface area contributed by atoms with Gasteiger partial charge >= 0.3 is 0 Å². The van der Waals surface area contributed by atoms with E-state index in [2.05, 4.69) is 9.82 Å². The van der Waals surface area contributed by atoms with Crippen molar-refractivity contribution in [3.8, 4) is 5.75 Å². The van der Waals surface area contributed by atoms with Crippen molar-refractivity contribution in [3.05, 3.63) is 41.7 Å². The van der Waals surface area contributed by atoms with Crippen LogP contribution in [0.3, 0.4) is 0 Å². The third-order valence-corrected chi connectivity index (χ3v) is 5.31. The summed E-state index contributed by atoms with van der Waals surface area (Å²) in [5, 5.41) is 4.09. The van der Waals surface area contributed by atoms with E-state index in [9.17, 15) is 8.42 Å². The Labute approximate surface area is 137 Å². The number of aromatic nitrogens is 2. The van der Waals surface area contributed by atoms with Gasteiger partial charge in [0.25, 0.3) is 0 Å². The van der Waals surface area contributed by atoms with Crippen molar-refractivity contribution in [1.82, 2.24) is 14.5 Å². The average Bonchev–Trinajstić information content (AvgIpc) is 2.89. The van der Waals surface area contributed by atoms with Crippen LogP contribution in [-0.2, 0) is 16.6 Å². The van der Waals surface area contributed by atoms with Gasteiger partial charge in [0.05, 0.1) is 18.5 Å². The van der Waals surface area contributed by atoms with Gasteiger partial charge in [-0.25, -0.2) is 13.1 Å². The number of hydrogen-bond donors (Lipinski definition) is 1. The van der Waals surface area contributed by atoms with Crippen molar-refractivity contribution in [1.29, 1.82) is 0 Å². The Hall–Kier alpha value is -1.86. The van der Waals surface area contributed by atoms with Crippen molar-refractivity contribution in [2.75, 3.05) is 6.61 Å². The van der Waals surface area contributed by atoms with Gasteiger partial charge in [0.2, 0.25) is 10.0 Å². The molecule has 0 spiro atoms. The number of ether oxygens (including phenoxy) is 1. The third-order valence-electron chi connectivity index (χ3n) is 3.67. The molecule has 1 heterocycles. The highest BCUT2D eigenvalue weighted by Gasteiger charge is 2.23. The van der Waals surface area contributed by atoms with Crippen molar-refractivity contribution in [3.63, 3.8) is 0 Å². The van der Waals surface area contributed by atoms with Gasteiger partial charge < -0.3 is 4.74 Å². The summed E-state index contributed by atoms with van der Waals surface area (Å²) in [6, 6.07) is 7.05. The van der Waals surface area contributed by atoms with Crippen molar-refractivity contribution in [2.45, 2.75) is 45.2 Å². The molecule has 0 fully saturated rings. The normalized spacial score (nSPS) is 13.0. The highest BCUT2D eigenvalue weighted by molar-refractivity contribution is 7.89. The summed E-state index contributed by atoms with van der Waals surface area (Å²) in [5.74, 6) is 0.770.